The van der Waals surface area contributed by atoms with Gasteiger partial charge in [0.25, 0.3) is 5.91 Å². The van der Waals surface area contributed by atoms with Crippen molar-refractivity contribution >= 4 is 17.5 Å². The largest absolute Gasteiger partial charge is 0.367 e. The van der Waals surface area contributed by atoms with Gasteiger partial charge in [0.05, 0.1) is 0 Å². The van der Waals surface area contributed by atoms with E-state index in [0.29, 0.717) is 17.1 Å². The molecule has 0 spiro atoms. The minimum Gasteiger partial charge on any atom is -0.367 e. The summed E-state index contributed by atoms with van der Waals surface area (Å²) in [5, 5.41) is 3.50. The Morgan fingerprint density at radius 3 is 2.88 bits per heavy atom. The quantitative estimate of drug-likeness (QED) is 0.862. The predicted molar refractivity (Wildman–Crippen MR) is 68.2 cm³/mol. The highest BCUT2D eigenvalue weighted by Crippen LogP contribution is 2.15. The third kappa shape index (κ3) is 2.88. The number of benzene rings is 1. The maximum absolute atomic E-state index is 11.9. The van der Waals surface area contributed by atoms with Crippen molar-refractivity contribution in [3.8, 4) is 0 Å². The van der Waals surface area contributed by atoms with Gasteiger partial charge in [0, 0.05) is 29.5 Å². The Bertz CT molecular complexity index is 520. The number of aromatic amines is 1. The van der Waals surface area contributed by atoms with Gasteiger partial charge < -0.3 is 10.3 Å². The van der Waals surface area contributed by atoms with Crippen LogP contribution >= 0.6 is 11.6 Å². The van der Waals surface area contributed by atoms with E-state index in [-0.39, 0.29) is 5.91 Å². The fourth-order valence-corrected chi connectivity index (χ4v) is 1.85. The highest BCUT2D eigenvalue weighted by Gasteiger charge is 2.08. The van der Waals surface area contributed by atoms with E-state index in [9.17, 15) is 4.79 Å². The van der Waals surface area contributed by atoms with Gasteiger partial charge in [-0.05, 0) is 42.3 Å². The number of carbonyl (C=O) groups excluding carboxylic acids is 1. The van der Waals surface area contributed by atoms with Gasteiger partial charge >= 0.3 is 0 Å². The van der Waals surface area contributed by atoms with Crippen LogP contribution in [-0.2, 0) is 6.54 Å². The van der Waals surface area contributed by atoms with Crippen LogP contribution in [0.2, 0.25) is 5.02 Å². The van der Waals surface area contributed by atoms with Crippen LogP contribution in [0.25, 0.3) is 0 Å². The van der Waals surface area contributed by atoms with Crippen LogP contribution in [-0.4, -0.2) is 10.9 Å². The topological polar surface area (TPSA) is 44.9 Å². The lowest BCUT2D eigenvalue weighted by atomic mass is 10.1. The molecule has 0 saturated carbocycles. The van der Waals surface area contributed by atoms with E-state index in [4.69, 9.17) is 11.6 Å². The summed E-state index contributed by atoms with van der Waals surface area (Å²) in [5.41, 5.74) is 2.58. The molecule has 4 heteroatoms. The molecule has 0 fully saturated rings. The molecule has 0 aliphatic heterocycles. The number of hydrogen-bond donors (Lipinski definition) is 2. The van der Waals surface area contributed by atoms with Gasteiger partial charge in [-0.15, -0.1) is 0 Å². The van der Waals surface area contributed by atoms with Crippen LogP contribution in [0.5, 0.6) is 0 Å². The van der Waals surface area contributed by atoms with E-state index in [1.165, 1.54) is 0 Å². The second-order valence-corrected chi connectivity index (χ2v) is 4.30. The van der Waals surface area contributed by atoms with Gasteiger partial charge in [-0.3, -0.25) is 4.79 Å². The number of halogens is 1. The molecule has 0 aliphatic carbocycles. The van der Waals surface area contributed by atoms with Gasteiger partial charge in [0.1, 0.15) is 0 Å². The lowest BCUT2D eigenvalue weighted by Gasteiger charge is -2.07. The predicted octanol–water partition coefficient (Wildman–Crippen LogP) is 2.91. The van der Waals surface area contributed by atoms with Gasteiger partial charge in [-0.2, -0.15) is 0 Å². The van der Waals surface area contributed by atoms with Crippen LogP contribution in [0.1, 0.15) is 21.5 Å². The van der Waals surface area contributed by atoms with Crippen molar-refractivity contribution in [2.75, 3.05) is 0 Å². The average Bonchev–Trinajstić information content (AvgIpc) is 2.78. The van der Waals surface area contributed by atoms with Crippen molar-refractivity contribution in [2.24, 2.45) is 0 Å². The molecule has 2 N–H and O–H groups in total. The highest BCUT2D eigenvalue weighted by atomic mass is 35.5. The number of amides is 1. The molecule has 0 unspecified atom stereocenters. The molecule has 1 aromatic heterocycles. The van der Waals surface area contributed by atoms with E-state index in [1.54, 1.807) is 18.2 Å². The molecule has 0 aliphatic rings. The first-order valence-electron chi connectivity index (χ1n) is 5.33. The summed E-state index contributed by atoms with van der Waals surface area (Å²) in [5.74, 6) is -0.0830. The van der Waals surface area contributed by atoms with E-state index in [0.717, 1.165) is 11.1 Å². The second-order valence-electron chi connectivity index (χ2n) is 3.86. The maximum atomic E-state index is 11.9. The highest BCUT2D eigenvalue weighted by molar-refractivity contribution is 6.30. The molecular weight excluding hydrogens is 236 g/mol. The first-order valence-corrected chi connectivity index (χ1v) is 5.70. The minimum absolute atomic E-state index is 0.0830. The normalized spacial score (nSPS) is 10.2. The summed E-state index contributed by atoms with van der Waals surface area (Å²) < 4.78 is 0. The molecule has 0 saturated heterocycles. The van der Waals surface area contributed by atoms with Crippen LogP contribution in [0.15, 0.2) is 36.7 Å². The summed E-state index contributed by atoms with van der Waals surface area (Å²) in [4.78, 5) is 14.9. The van der Waals surface area contributed by atoms with Crippen LogP contribution in [0.3, 0.4) is 0 Å². The van der Waals surface area contributed by atoms with E-state index in [2.05, 4.69) is 10.3 Å². The molecule has 88 valence electrons. The minimum atomic E-state index is -0.0830. The van der Waals surface area contributed by atoms with Crippen molar-refractivity contribution in [3.05, 3.63) is 58.4 Å². The average molecular weight is 249 g/mol. The van der Waals surface area contributed by atoms with Crippen LogP contribution in [0, 0.1) is 6.92 Å². The van der Waals surface area contributed by atoms with Crippen molar-refractivity contribution in [3.63, 3.8) is 0 Å². The standard InChI is InChI=1S/C13H13ClN2O/c1-9-6-11(14)2-3-12(9)13(17)16-8-10-4-5-15-7-10/h2-7,15H,8H2,1H3,(H,16,17). The summed E-state index contributed by atoms with van der Waals surface area (Å²) in [6, 6.07) is 7.17. The van der Waals surface area contributed by atoms with E-state index < -0.39 is 0 Å². The van der Waals surface area contributed by atoms with Crippen LogP contribution in [0.4, 0.5) is 0 Å². The number of aryl methyl sites for hydroxylation is 1. The molecule has 0 radical (unpaired) electrons. The molecule has 2 aromatic rings. The Morgan fingerprint density at radius 2 is 2.24 bits per heavy atom. The third-order valence-electron chi connectivity index (χ3n) is 2.55. The van der Waals surface area contributed by atoms with Gasteiger partial charge in [-0.25, -0.2) is 0 Å². The van der Waals surface area contributed by atoms with Gasteiger partial charge in [0.2, 0.25) is 0 Å². The lowest BCUT2D eigenvalue weighted by Crippen LogP contribution is -2.23. The van der Waals surface area contributed by atoms with Crippen molar-refractivity contribution in [1.29, 1.82) is 0 Å². The first-order chi connectivity index (χ1) is 8.16. The van der Waals surface area contributed by atoms with E-state index >= 15 is 0 Å². The summed E-state index contributed by atoms with van der Waals surface area (Å²) in [7, 11) is 0. The number of hydrogen-bond acceptors (Lipinski definition) is 1. The molecule has 17 heavy (non-hydrogen) atoms. The Kier molecular flexibility index (Phi) is 3.49. The van der Waals surface area contributed by atoms with Gasteiger partial charge in [0.15, 0.2) is 0 Å². The Labute approximate surface area is 105 Å². The van der Waals surface area contributed by atoms with Crippen LogP contribution < -0.4 is 5.32 Å². The Balaban J connectivity index is 2.04. The molecule has 1 heterocycles. The first kappa shape index (κ1) is 11.7. The Morgan fingerprint density at radius 1 is 1.41 bits per heavy atom. The fraction of sp³-hybridized carbons (Fsp3) is 0.154. The maximum Gasteiger partial charge on any atom is 0.251 e. The second kappa shape index (κ2) is 5.06. The number of nitrogens with one attached hydrogen (secondary N) is 2. The number of aromatic nitrogens is 1. The molecule has 1 aromatic carbocycles. The zero-order chi connectivity index (χ0) is 12.3. The zero-order valence-corrected chi connectivity index (χ0v) is 10.2. The lowest BCUT2D eigenvalue weighted by molar-refractivity contribution is 0.0950. The smallest absolute Gasteiger partial charge is 0.251 e. The van der Waals surface area contributed by atoms with E-state index in [1.807, 2.05) is 25.4 Å². The van der Waals surface area contributed by atoms with Crippen molar-refractivity contribution < 1.29 is 4.79 Å². The fourth-order valence-electron chi connectivity index (χ4n) is 1.63. The van der Waals surface area contributed by atoms with Crippen molar-refractivity contribution in [1.82, 2.24) is 10.3 Å². The molecular formula is C13H13ClN2O. The molecule has 2 rings (SSSR count). The molecule has 1 amide bonds. The third-order valence-corrected chi connectivity index (χ3v) is 2.78. The number of H-pyrrole nitrogens is 1. The van der Waals surface area contributed by atoms with Crippen molar-refractivity contribution in [2.45, 2.75) is 13.5 Å². The SMILES string of the molecule is Cc1cc(Cl)ccc1C(=O)NCc1cc[nH]c1. The summed E-state index contributed by atoms with van der Waals surface area (Å²) >= 11 is 5.84. The van der Waals surface area contributed by atoms with Gasteiger partial charge in [-0.1, -0.05) is 11.6 Å². The number of carbonyl (C=O) groups is 1. The molecule has 0 bridgehead atoms. The summed E-state index contributed by atoms with van der Waals surface area (Å²) in [6.07, 6.45) is 3.68. The molecule has 0 atom stereocenters. The summed E-state index contributed by atoms with van der Waals surface area (Å²) in [6.45, 7) is 2.39. The molecule has 3 nitrogen and oxygen atoms in total. The Hall–Kier alpha value is -1.74. The monoisotopic (exact) mass is 248 g/mol. The zero-order valence-electron chi connectivity index (χ0n) is 9.46. The number of rotatable bonds is 3.